The predicted molar refractivity (Wildman–Crippen MR) is 94.9 cm³/mol. The molecule has 1 aliphatic heterocycles. The van der Waals surface area contributed by atoms with Crippen LogP contribution in [-0.2, 0) is 15.8 Å². The van der Waals surface area contributed by atoms with Gasteiger partial charge in [0.05, 0.1) is 5.75 Å². The van der Waals surface area contributed by atoms with Gasteiger partial charge in [-0.3, -0.25) is 4.90 Å². The number of nitrogens with zero attached hydrogens (tertiary/aromatic N) is 2. The summed E-state index contributed by atoms with van der Waals surface area (Å²) in [4.78, 5) is 3.62. The highest BCUT2D eigenvalue weighted by atomic mass is 32.2. The first-order valence-corrected chi connectivity index (χ1v) is 10.4. The average Bonchev–Trinajstić information content (AvgIpc) is 3.11. The van der Waals surface area contributed by atoms with Gasteiger partial charge < -0.3 is 0 Å². The van der Waals surface area contributed by atoms with Gasteiger partial charge in [-0.05, 0) is 36.1 Å². The smallest absolute Gasteiger partial charge is 0.218 e. The molecule has 3 rings (SSSR count). The van der Waals surface area contributed by atoms with Crippen molar-refractivity contribution in [3.05, 3.63) is 58.0 Å². The average molecular weight is 368 g/mol. The summed E-state index contributed by atoms with van der Waals surface area (Å²) >= 11 is 1.73. The molecule has 7 heteroatoms. The van der Waals surface area contributed by atoms with E-state index in [0.717, 1.165) is 13.1 Å². The van der Waals surface area contributed by atoms with Gasteiger partial charge in [-0.15, -0.1) is 11.3 Å². The summed E-state index contributed by atoms with van der Waals surface area (Å²) < 4.78 is 39.6. The van der Waals surface area contributed by atoms with Gasteiger partial charge in [-0.25, -0.2) is 12.8 Å². The summed E-state index contributed by atoms with van der Waals surface area (Å²) in [6.45, 7) is 4.61. The summed E-state index contributed by atoms with van der Waals surface area (Å²) in [5.41, 5.74) is 0.616. The van der Waals surface area contributed by atoms with Gasteiger partial charge in [0.2, 0.25) is 10.0 Å². The van der Waals surface area contributed by atoms with Crippen molar-refractivity contribution >= 4 is 21.4 Å². The fourth-order valence-electron chi connectivity index (χ4n) is 2.96. The molecule has 1 atom stereocenters. The molecule has 1 fully saturated rings. The van der Waals surface area contributed by atoms with Crippen LogP contribution in [0.4, 0.5) is 4.39 Å². The Kier molecular flexibility index (Phi) is 5.34. The Hall–Kier alpha value is -1.28. The molecule has 24 heavy (non-hydrogen) atoms. The van der Waals surface area contributed by atoms with Crippen LogP contribution in [0.3, 0.4) is 0 Å². The first kappa shape index (κ1) is 17.5. The number of halogens is 1. The van der Waals surface area contributed by atoms with Crippen molar-refractivity contribution in [3.8, 4) is 0 Å². The predicted octanol–water partition coefficient (Wildman–Crippen LogP) is 3.10. The van der Waals surface area contributed by atoms with E-state index in [1.165, 1.54) is 29.1 Å². The van der Waals surface area contributed by atoms with Crippen LogP contribution in [0, 0.1) is 5.82 Å². The molecular formula is C17H21FN2O2S2. The van der Waals surface area contributed by atoms with Crippen LogP contribution < -0.4 is 0 Å². The number of sulfonamides is 1. The normalized spacial score (nSPS) is 18.6. The Labute approximate surface area is 146 Å². The Bertz CT molecular complexity index is 752. The molecule has 0 saturated carbocycles. The Morgan fingerprint density at radius 1 is 1.12 bits per heavy atom. The molecule has 1 aromatic carbocycles. The van der Waals surface area contributed by atoms with Gasteiger partial charge >= 0.3 is 0 Å². The van der Waals surface area contributed by atoms with Crippen LogP contribution in [0.5, 0.6) is 0 Å². The lowest BCUT2D eigenvalue weighted by Crippen LogP contribution is -2.49. The van der Waals surface area contributed by atoms with Crippen molar-refractivity contribution in [3.63, 3.8) is 0 Å². The van der Waals surface area contributed by atoms with E-state index in [4.69, 9.17) is 0 Å². The Balaban J connectivity index is 1.60. The maximum absolute atomic E-state index is 12.9. The highest BCUT2D eigenvalue weighted by Gasteiger charge is 2.29. The number of hydrogen-bond donors (Lipinski definition) is 0. The van der Waals surface area contributed by atoms with Crippen LogP contribution in [0.15, 0.2) is 41.8 Å². The van der Waals surface area contributed by atoms with E-state index < -0.39 is 10.0 Å². The van der Waals surface area contributed by atoms with Crippen molar-refractivity contribution < 1.29 is 12.8 Å². The first-order valence-electron chi connectivity index (χ1n) is 7.95. The van der Waals surface area contributed by atoms with Gasteiger partial charge in [-0.2, -0.15) is 4.31 Å². The fourth-order valence-corrected chi connectivity index (χ4v) is 5.29. The molecule has 0 radical (unpaired) electrons. The van der Waals surface area contributed by atoms with Crippen LogP contribution >= 0.6 is 11.3 Å². The fraction of sp³-hybridized carbons (Fsp3) is 0.412. The van der Waals surface area contributed by atoms with Gasteiger partial charge in [0, 0.05) is 37.1 Å². The van der Waals surface area contributed by atoms with Crippen molar-refractivity contribution in [2.75, 3.05) is 26.2 Å². The van der Waals surface area contributed by atoms with E-state index in [1.807, 2.05) is 6.07 Å². The lowest BCUT2D eigenvalue weighted by atomic mass is 10.2. The lowest BCUT2D eigenvalue weighted by Gasteiger charge is -2.37. The third-order valence-electron chi connectivity index (χ3n) is 4.43. The number of piperazine rings is 1. The Morgan fingerprint density at radius 3 is 2.38 bits per heavy atom. The molecular weight excluding hydrogens is 347 g/mol. The van der Waals surface area contributed by atoms with Gasteiger partial charge in [0.25, 0.3) is 0 Å². The minimum absolute atomic E-state index is 0.0756. The second-order valence-corrected chi connectivity index (χ2v) is 8.96. The largest absolute Gasteiger partial charge is 0.293 e. The monoisotopic (exact) mass is 368 g/mol. The molecule has 1 unspecified atom stereocenters. The van der Waals surface area contributed by atoms with E-state index in [2.05, 4.69) is 23.3 Å². The van der Waals surface area contributed by atoms with Gasteiger partial charge in [-0.1, -0.05) is 18.2 Å². The standard InChI is InChI=1S/C17H21FN2O2S2/c1-14(17-3-2-12-23-17)19-8-10-20(11-9-19)24(21,22)13-15-4-6-16(18)7-5-15/h2-7,12,14H,8-11,13H2,1H3. The summed E-state index contributed by atoms with van der Waals surface area (Å²) in [6, 6.07) is 10.1. The van der Waals surface area contributed by atoms with Gasteiger partial charge in [0.1, 0.15) is 5.82 Å². The lowest BCUT2D eigenvalue weighted by molar-refractivity contribution is 0.147. The molecule has 1 saturated heterocycles. The van der Waals surface area contributed by atoms with Crippen molar-refractivity contribution in [1.82, 2.24) is 9.21 Å². The maximum Gasteiger partial charge on any atom is 0.218 e. The van der Waals surface area contributed by atoms with E-state index in [-0.39, 0.29) is 11.6 Å². The van der Waals surface area contributed by atoms with Crippen molar-refractivity contribution in [2.45, 2.75) is 18.7 Å². The second kappa shape index (κ2) is 7.31. The molecule has 130 valence electrons. The zero-order valence-corrected chi connectivity index (χ0v) is 15.2. The highest BCUT2D eigenvalue weighted by molar-refractivity contribution is 7.88. The molecule has 0 aliphatic carbocycles. The quantitative estimate of drug-likeness (QED) is 0.814. The van der Waals surface area contributed by atoms with E-state index >= 15 is 0 Å². The molecule has 1 aromatic heterocycles. The molecule has 1 aliphatic rings. The van der Waals surface area contributed by atoms with Crippen LogP contribution in [0.2, 0.25) is 0 Å². The zero-order valence-electron chi connectivity index (χ0n) is 13.6. The van der Waals surface area contributed by atoms with Crippen LogP contribution in [0.1, 0.15) is 23.4 Å². The number of thiophene rings is 1. The Morgan fingerprint density at radius 2 is 1.79 bits per heavy atom. The molecule has 0 bridgehead atoms. The third kappa shape index (κ3) is 4.03. The van der Waals surface area contributed by atoms with E-state index in [1.54, 1.807) is 15.6 Å². The van der Waals surface area contributed by atoms with E-state index in [9.17, 15) is 12.8 Å². The number of hydrogen-bond acceptors (Lipinski definition) is 4. The number of rotatable bonds is 5. The summed E-state index contributed by atoms with van der Waals surface area (Å²) in [6.07, 6.45) is 0. The molecule has 4 nitrogen and oxygen atoms in total. The van der Waals surface area contributed by atoms with Gasteiger partial charge in [0.15, 0.2) is 0 Å². The van der Waals surface area contributed by atoms with Crippen molar-refractivity contribution in [1.29, 1.82) is 0 Å². The summed E-state index contributed by atoms with van der Waals surface area (Å²) in [5, 5.41) is 2.06. The minimum Gasteiger partial charge on any atom is -0.293 e. The molecule has 0 amide bonds. The molecule has 2 heterocycles. The number of benzene rings is 1. The molecule has 0 spiro atoms. The van der Waals surface area contributed by atoms with Crippen molar-refractivity contribution in [2.24, 2.45) is 0 Å². The summed E-state index contributed by atoms with van der Waals surface area (Å²) in [5.74, 6) is -0.430. The highest BCUT2D eigenvalue weighted by Crippen LogP contribution is 2.26. The minimum atomic E-state index is -3.37. The zero-order chi connectivity index (χ0) is 17.2. The SMILES string of the molecule is CC(c1cccs1)N1CCN(S(=O)(=O)Cc2ccc(F)cc2)CC1. The first-order chi connectivity index (χ1) is 11.5. The third-order valence-corrected chi connectivity index (χ3v) is 7.32. The van der Waals surface area contributed by atoms with Crippen LogP contribution in [-0.4, -0.2) is 43.8 Å². The molecule has 2 aromatic rings. The molecule has 0 N–H and O–H groups in total. The van der Waals surface area contributed by atoms with Crippen LogP contribution in [0.25, 0.3) is 0 Å². The van der Waals surface area contributed by atoms with E-state index in [0.29, 0.717) is 24.7 Å². The summed E-state index contributed by atoms with van der Waals surface area (Å²) in [7, 11) is -3.37. The topological polar surface area (TPSA) is 40.6 Å². The second-order valence-electron chi connectivity index (χ2n) is 6.01. The maximum atomic E-state index is 12.9.